The lowest BCUT2D eigenvalue weighted by molar-refractivity contribution is 0.102. The van der Waals surface area contributed by atoms with E-state index in [0.717, 1.165) is 36.3 Å². The predicted molar refractivity (Wildman–Crippen MR) is 123 cm³/mol. The average molecular weight is 441 g/mol. The van der Waals surface area contributed by atoms with E-state index in [9.17, 15) is 13.2 Å². The van der Waals surface area contributed by atoms with Gasteiger partial charge in [0, 0.05) is 17.8 Å². The van der Waals surface area contributed by atoms with Crippen molar-refractivity contribution < 1.29 is 13.2 Å². The lowest BCUT2D eigenvalue weighted by atomic mass is 10.2. The molecule has 3 rings (SSSR count). The van der Waals surface area contributed by atoms with Crippen LogP contribution in [0.4, 0.5) is 11.4 Å². The maximum Gasteiger partial charge on any atom is 0.261 e. The third-order valence-corrected chi connectivity index (χ3v) is 6.45. The molecule has 0 spiro atoms. The van der Waals surface area contributed by atoms with E-state index in [1.807, 2.05) is 25.5 Å². The van der Waals surface area contributed by atoms with Crippen LogP contribution < -0.4 is 10.0 Å². The topological polar surface area (TPSA) is 93.1 Å². The molecule has 8 heteroatoms. The number of hydrogen-bond acceptors (Lipinski definition) is 4. The van der Waals surface area contributed by atoms with Crippen molar-refractivity contribution in [3.63, 3.8) is 0 Å². The number of sulfonamides is 1. The number of benzene rings is 2. The molecular weight excluding hydrogens is 412 g/mol. The van der Waals surface area contributed by atoms with Crippen molar-refractivity contribution in [3.05, 3.63) is 71.0 Å². The van der Waals surface area contributed by atoms with Crippen LogP contribution in [0.25, 0.3) is 0 Å². The molecule has 0 unspecified atom stereocenters. The molecule has 0 fully saturated rings. The van der Waals surface area contributed by atoms with E-state index in [2.05, 4.69) is 22.1 Å². The van der Waals surface area contributed by atoms with E-state index in [-0.39, 0.29) is 10.8 Å². The minimum atomic E-state index is -3.75. The van der Waals surface area contributed by atoms with Gasteiger partial charge in [-0.15, -0.1) is 0 Å². The second-order valence-electron chi connectivity index (χ2n) is 7.58. The van der Waals surface area contributed by atoms with Gasteiger partial charge in [0.15, 0.2) is 0 Å². The Morgan fingerprint density at radius 3 is 2.45 bits per heavy atom. The predicted octanol–water partition coefficient (Wildman–Crippen LogP) is 4.66. The fourth-order valence-electron chi connectivity index (χ4n) is 3.24. The molecule has 2 aromatic carbocycles. The van der Waals surface area contributed by atoms with Crippen LogP contribution in [0.1, 0.15) is 47.1 Å². The number of amides is 1. The summed E-state index contributed by atoms with van der Waals surface area (Å²) in [6.45, 7) is 8.60. The first-order chi connectivity index (χ1) is 14.7. The summed E-state index contributed by atoms with van der Waals surface area (Å²) in [5.41, 5.74) is 3.98. The van der Waals surface area contributed by atoms with Gasteiger partial charge in [0.05, 0.1) is 22.0 Å². The van der Waals surface area contributed by atoms with Crippen molar-refractivity contribution in [3.8, 4) is 0 Å². The Hall–Kier alpha value is -3.13. The van der Waals surface area contributed by atoms with Crippen LogP contribution in [0.5, 0.6) is 0 Å². The average Bonchev–Trinajstić information content (AvgIpc) is 3.00. The van der Waals surface area contributed by atoms with Crippen molar-refractivity contribution in [1.29, 1.82) is 0 Å². The summed E-state index contributed by atoms with van der Waals surface area (Å²) in [5.74, 6) is -0.322. The van der Waals surface area contributed by atoms with Crippen molar-refractivity contribution in [1.82, 2.24) is 9.78 Å². The quantitative estimate of drug-likeness (QED) is 0.533. The van der Waals surface area contributed by atoms with E-state index < -0.39 is 10.0 Å². The fraction of sp³-hybridized carbons (Fsp3) is 0.304. The summed E-state index contributed by atoms with van der Waals surface area (Å²) in [6, 6.07) is 13.0. The Balaban J connectivity index is 1.78. The third-order valence-electron chi connectivity index (χ3n) is 5.05. The zero-order valence-electron chi connectivity index (χ0n) is 18.3. The van der Waals surface area contributed by atoms with Gasteiger partial charge in [0.1, 0.15) is 0 Å². The van der Waals surface area contributed by atoms with E-state index in [1.54, 1.807) is 42.5 Å². The van der Waals surface area contributed by atoms with Gasteiger partial charge in [0.25, 0.3) is 15.9 Å². The normalized spacial score (nSPS) is 11.4. The van der Waals surface area contributed by atoms with Gasteiger partial charge in [-0.25, -0.2) is 8.42 Å². The van der Waals surface area contributed by atoms with Crippen LogP contribution >= 0.6 is 0 Å². The van der Waals surface area contributed by atoms with E-state index in [1.165, 1.54) is 6.07 Å². The highest BCUT2D eigenvalue weighted by molar-refractivity contribution is 7.92. The second-order valence-corrected chi connectivity index (χ2v) is 9.26. The first kappa shape index (κ1) is 22.6. The maximum atomic E-state index is 12.8. The molecule has 1 amide bonds. The van der Waals surface area contributed by atoms with Crippen LogP contribution in [0, 0.1) is 20.8 Å². The molecule has 3 aromatic rings. The van der Waals surface area contributed by atoms with Gasteiger partial charge in [-0.3, -0.25) is 14.2 Å². The Kier molecular flexibility index (Phi) is 6.80. The zero-order chi connectivity index (χ0) is 22.6. The minimum Gasteiger partial charge on any atom is -0.319 e. The van der Waals surface area contributed by atoms with Gasteiger partial charge in [-0.2, -0.15) is 5.10 Å². The molecule has 0 aliphatic carbocycles. The van der Waals surface area contributed by atoms with E-state index in [0.29, 0.717) is 16.9 Å². The molecule has 0 atom stereocenters. The summed E-state index contributed by atoms with van der Waals surface area (Å²) in [7, 11) is -3.75. The number of unbranched alkanes of at least 4 members (excludes halogenated alkanes) is 1. The van der Waals surface area contributed by atoms with Gasteiger partial charge in [-0.05, 0) is 57.5 Å². The molecule has 31 heavy (non-hydrogen) atoms. The lowest BCUT2D eigenvalue weighted by Gasteiger charge is -2.11. The second kappa shape index (κ2) is 9.34. The Morgan fingerprint density at radius 2 is 1.77 bits per heavy atom. The van der Waals surface area contributed by atoms with Crippen molar-refractivity contribution in [2.24, 2.45) is 0 Å². The highest BCUT2D eigenvalue weighted by atomic mass is 32.2. The zero-order valence-corrected chi connectivity index (χ0v) is 19.1. The number of nitrogens with one attached hydrogen (secondary N) is 2. The lowest BCUT2D eigenvalue weighted by Crippen LogP contribution is -2.15. The van der Waals surface area contributed by atoms with Crippen molar-refractivity contribution in [2.45, 2.75) is 52.0 Å². The smallest absolute Gasteiger partial charge is 0.261 e. The summed E-state index contributed by atoms with van der Waals surface area (Å²) in [5, 5.41) is 7.43. The highest BCUT2D eigenvalue weighted by Crippen LogP contribution is 2.22. The van der Waals surface area contributed by atoms with Crippen molar-refractivity contribution in [2.75, 3.05) is 10.0 Å². The molecule has 1 heterocycles. The monoisotopic (exact) mass is 440 g/mol. The molecule has 164 valence electrons. The summed E-state index contributed by atoms with van der Waals surface area (Å²) in [6.07, 6.45) is 2.07. The summed E-state index contributed by atoms with van der Waals surface area (Å²) in [4.78, 5) is 13.0. The highest BCUT2D eigenvalue weighted by Gasteiger charge is 2.17. The molecule has 0 saturated heterocycles. The van der Waals surface area contributed by atoms with Gasteiger partial charge >= 0.3 is 0 Å². The number of carbonyl (C=O) groups is 1. The van der Waals surface area contributed by atoms with Gasteiger partial charge in [-0.1, -0.05) is 37.1 Å². The van der Waals surface area contributed by atoms with Crippen LogP contribution in [-0.4, -0.2) is 24.1 Å². The standard InChI is InChI=1S/C23H28N4O3S/c1-5-6-14-27-18(4)22(17(3)25-27)24-23(28)19-8-7-9-20(15-19)26-31(29,30)21-12-10-16(2)11-13-21/h7-13,15,26H,5-6,14H2,1-4H3,(H,24,28). The molecule has 1 aromatic heterocycles. The molecule has 0 bridgehead atoms. The van der Waals surface area contributed by atoms with Crippen LogP contribution in [0.2, 0.25) is 0 Å². The Bertz CT molecular complexity index is 1180. The van der Waals surface area contributed by atoms with E-state index in [4.69, 9.17) is 0 Å². The minimum absolute atomic E-state index is 0.165. The first-order valence-electron chi connectivity index (χ1n) is 10.3. The molecule has 0 aliphatic rings. The molecule has 0 saturated carbocycles. The van der Waals surface area contributed by atoms with Crippen LogP contribution in [0.3, 0.4) is 0 Å². The number of rotatable bonds is 8. The van der Waals surface area contributed by atoms with Gasteiger partial charge < -0.3 is 5.32 Å². The Labute approximate surface area is 183 Å². The molecule has 0 aliphatic heterocycles. The number of anilines is 2. The van der Waals surface area contributed by atoms with Crippen LogP contribution in [-0.2, 0) is 16.6 Å². The maximum absolute atomic E-state index is 12.8. The molecule has 2 N–H and O–H groups in total. The molecule has 7 nitrogen and oxygen atoms in total. The van der Waals surface area contributed by atoms with E-state index >= 15 is 0 Å². The molecular formula is C23H28N4O3S. The summed E-state index contributed by atoms with van der Waals surface area (Å²) >= 11 is 0. The van der Waals surface area contributed by atoms with Crippen LogP contribution in [0.15, 0.2) is 53.4 Å². The third kappa shape index (κ3) is 5.32. The Morgan fingerprint density at radius 1 is 1.06 bits per heavy atom. The number of nitrogens with zero attached hydrogens (tertiary/aromatic N) is 2. The number of hydrogen-bond donors (Lipinski definition) is 2. The largest absolute Gasteiger partial charge is 0.319 e. The van der Waals surface area contributed by atoms with Gasteiger partial charge in [0.2, 0.25) is 0 Å². The fourth-order valence-corrected chi connectivity index (χ4v) is 4.29. The molecule has 0 radical (unpaired) electrons. The SMILES string of the molecule is CCCCn1nc(C)c(NC(=O)c2cccc(NS(=O)(=O)c3ccc(C)cc3)c2)c1C. The summed E-state index contributed by atoms with van der Waals surface area (Å²) < 4.78 is 29.7. The van der Waals surface area contributed by atoms with Crippen molar-refractivity contribution >= 4 is 27.3 Å². The number of aromatic nitrogens is 2. The first-order valence-corrected chi connectivity index (χ1v) is 11.7. The number of carbonyl (C=O) groups excluding carboxylic acids is 1. The number of aryl methyl sites for hydroxylation is 3.